The normalized spacial score (nSPS) is 17.7. The first-order chi connectivity index (χ1) is 13.0. The number of hydrogen-bond donors (Lipinski definition) is 0. The molecule has 0 fully saturated rings. The highest BCUT2D eigenvalue weighted by atomic mass is 32.2. The van der Waals surface area contributed by atoms with Crippen molar-refractivity contribution in [2.75, 3.05) is 14.1 Å². The third kappa shape index (κ3) is 6.35. The Morgan fingerprint density at radius 2 is 1.52 bits per heavy atom. The van der Waals surface area contributed by atoms with E-state index in [-0.39, 0.29) is 9.88 Å². The van der Waals surface area contributed by atoms with E-state index in [4.69, 9.17) is 0 Å². The van der Waals surface area contributed by atoms with Crippen LogP contribution in [0, 0.1) is 5.92 Å². The van der Waals surface area contributed by atoms with Gasteiger partial charge in [0.15, 0.2) is 0 Å². The van der Waals surface area contributed by atoms with Gasteiger partial charge in [0, 0.05) is 38.6 Å². The van der Waals surface area contributed by atoms with E-state index >= 15 is 0 Å². The van der Waals surface area contributed by atoms with Crippen molar-refractivity contribution in [3.63, 3.8) is 0 Å². The molecular formula is C14H15F6N3O4S2. The molecule has 29 heavy (non-hydrogen) atoms. The van der Waals surface area contributed by atoms with Gasteiger partial charge in [-0.15, -0.1) is 0 Å². The highest BCUT2D eigenvalue weighted by Gasteiger charge is 2.49. The lowest BCUT2D eigenvalue weighted by molar-refractivity contribution is -0.0469. The summed E-state index contributed by atoms with van der Waals surface area (Å²) in [5, 5.41) is 0. The molecule has 0 N–H and O–H groups in total. The van der Waals surface area contributed by atoms with Crippen molar-refractivity contribution in [3.8, 4) is 0 Å². The Bertz CT molecular complexity index is 944. The Morgan fingerprint density at radius 1 is 1.00 bits per heavy atom. The molecular weight excluding hydrogens is 452 g/mol. The van der Waals surface area contributed by atoms with Crippen LogP contribution in [0.5, 0.6) is 0 Å². The summed E-state index contributed by atoms with van der Waals surface area (Å²) < 4.78 is 122. The van der Waals surface area contributed by atoms with Gasteiger partial charge in [0.05, 0.1) is 0 Å². The topological polar surface area (TPSA) is 87.1 Å². The second kappa shape index (κ2) is 8.61. The van der Waals surface area contributed by atoms with Crippen LogP contribution >= 0.6 is 0 Å². The Kier molecular flexibility index (Phi) is 7.34. The minimum Gasteiger partial charge on any atom is -0.383 e. The van der Waals surface area contributed by atoms with Gasteiger partial charge in [-0.3, -0.25) is 0 Å². The number of alkyl halides is 6. The zero-order valence-corrected chi connectivity index (χ0v) is 16.4. The average molecular weight is 467 g/mol. The van der Waals surface area contributed by atoms with Crippen LogP contribution in [-0.4, -0.2) is 57.4 Å². The Labute approximate surface area is 163 Å². The Morgan fingerprint density at radius 3 is 1.93 bits per heavy atom. The molecule has 0 aromatic heterocycles. The van der Waals surface area contributed by atoms with Crippen LogP contribution in [0.15, 0.2) is 52.9 Å². The number of allylic oxidation sites excluding steroid dienone is 5. The minimum absolute atomic E-state index is 0.125. The zero-order chi connectivity index (χ0) is 22.7. The van der Waals surface area contributed by atoms with E-state index in [1.165, 1.54) is 18.4 Å². The van der Waals surface area contributed by atoms with Gasteiger partial charge in [0.2, 0.25) is 0 Å². The lowest BCUT2D eigenvalue weighted by Crippen LogP contribution is -2.35. The van der Waals surface area contributed by atoms with E-state index in [9.17, 15) is 43.2 Å². The van der Waals surface area contributed by atoms with E-state index in [0.29, 0.717) is 18.6 Å². The maximum absolute atomic E-state index is 12.6. The fraction of sp³-hybridized carbons (Fsp3) is 0.357. The van der Waals surface area contributed by atoms with E-state index in [2.05, 4.69) is 4.40 Å². The summed E-state index contributed by atoms with van der Waals surface area (Å²) in [6.45, 7) is 0. The predicted molar refractivity (Wildman–Crippen MR) is 93.0 cm³/mol. The summed E-state index contributed by atoms with van der Waals surface area (Å²) in [5.74, 6) is -1.05. The van der Waals surface area contributed by atoms with Crippen molar-refractivity contribution in [2.45, 2.75) is 11.0 Å². The van der Waals surface area contributed by atoms with Crippen LogP contribution < -0.4 is 0 Å². The van der Waals surface area contributed by atoms with Crippen molar-refractivity contribution in [1.82, 2.24) is 9.21 Å². The summed E-state index contributed by atoms with van der Waals surface area (Å²) in [6.07, 6.45) is 7.26. The molecule has 0 aromatic carbocycles. The molecule has 7 nitrogen and oxygen atoms in total. The van der Waals surface area contributed by atoms with E-state index in [1.54, 1.807) is 19.0 Å². The molecule has 0 saturated carbocycles. The van der Waals surface area contributed by atoms with E-state index in [0.717, 1.165) is 12.2 Å². The van der Waals surface area contributed by atoms with Crippen molar-refractivity contribution < 1.29 is 43.2 Å². The average Bonchev–Trinajstić information content (AvgIpc) is 2.55. The van der Waals surface area contributed by atoms with Crippen LogP contribution in [-0.2, 0) is 20.0 Å². The number of rotatable bonds is 6. The van der Waals surface area contributed by atoms with Crippen molar-refractivity contribution in [1.29, 1.82) is 0 Å². The fourth-order valence-electron chi connectivity index (χ4n) is 1.73. The molecule has 0 unspecified atom stereocenters. The van der Waals surface area contributed by atoms with Gasteiger partial charge >= 0.3 is 31.1 Å². The molecule has 0 radical (unpaired) electrons. The molecule has 1 rings (SSSR count). The smallest absolute Gasteiger partial charge is 0.383 e. The Hall–Kier alpha value is -2.29. The molecule has 1 aliphatic rings. The van der Waals surface area contributed by atoms with Crippen molar-refractivity contribution in [2.24, 2.45) is 10.3 Å². The highest BCUT2D eigenvalue weighted by Crippen LogP contribution is 2.30. The van der Waals surface area contributed by atoms with E-state index in [1.807, 2.05) is 0 Å². The molecule has 15 heteroatoms. The fourth-order valence-corrected chi connectivity index (χ4v) is 2.81. The summed E-state index contributed by atoms with van der Waals surface area (Å²) in [6, 6.07) is 0. The lowest BCUT2D eigenvalue weighted by atomic mass is 9.98. The number of halogens is 6. The molecule has 0 amide bonds. The number of nitrogens with zero attached hydrogens (tertiary/aromatic N) is 3. The summed E-state index contributed by atoms with van der Waals surface area (Å²) in [4.78, 5) is 1.54. The summed E-state index contributed by atoms with van der Waals surface area (Å²) in [7, 11) is -8.29. The molecule has 1 heterocycles. The summed E-state index contributed by atoms with van der Waals surface area (Å²) >= 11 is 0. The quantitative estimate of drug-likeness (QED) is 0.341. The molecule has 0 aliphatic carbocycles. The molecule has 1 aliphatic heterocycles. The van der Waals surface area contributed by atoms with Crippen LogP contribution in [0.25, 0.3) is 0 Å². The third-order valence-corrected chi connectivity index (χ3v) is 5.49. The summed E-state index contributed by atoms with van der Waals surface area (Å²) in [5.41, 5.74) is -11.4. The first-order valence-electron chi connectivity index (χ1n) is 7.37. The largest absolute Gasteiger partial charge is 0.518 e. The van der Waals surface area contributed by atoms with Gasteiger partial charge in [-0.25, -0.2) is 4.31 Å². The van der Waals surface area contributed by atoms with Gasteiger partial charge in [-0.05, 0) is 17.8 Å². The standard InChI is InChI=1S/C14H15F6N3O4S2/c1-22(2)7-3-4-12(10-21-28(24,25)13(15,16)17)11-5-8-23(9-6-11)29(26,27)14(18,19)20/h3-11H,1-2H3/b7-3+,12-4-,21-10-. The second-order valence-electron chi connectivity index (χ2n) is 5.62. The van der Waals surface area contributed by atoms with Crippen molar-refractivity contribution >= 4 is 26.3 Å². The first-order valence-corrected chi connectivity index (χ1v) is 10.2. The van der Waals surface area contributed by atoms with Gasteiger partial charge < -0.3 is 4.90 Å². The lowest BCUT2D eigenvalue weighted by Gasteiger charge is -2.22. The predicted octanol–water partition coefficient (Wildman–Crippen LogP) is 2.72. The third-order valence-electron chi connectivity index (χ3n) is 3.14. The van der Waals surface area contributed by atoms with Gasteiger partial charge in [-0.2, -0.15) is 47.6 Å². The molecule has 164 valence electrons. The molecule has 0 aromatic rings. The van der Waals surface area contributed by atoms with Crippen molar-refractivity contribution in [3.05, 3.63) is 48.5 Å². The zero-order valence-electron chi connectivity index (χ0n) is 14.8. The van der Waals surface area contributed by atoms with Crippen LogP contribution in [0.3, 0.4) is 0 Å². The molecule has 0 atom stereocenters. The SMILES string of the molecule is CN(C)/C=C/C=C(/C=N\S(=O)(=O)C(F)(F)F)C1C=CN(S(=O)(=O)C(F)(F)F)C=C1. The van der Waals surface area contributed by atoms with Crippen LogP contribution in [0.4, 0.5) is 26.3 Å². The molecule has 0 saturated heterocycles. The van der Waals surface area contributed by atoms with E-state index < -0.39 is 37.0 Å². The monoisotopic (exact) mass is 467 g/mol. The Balaban J connectivity index is 3.25. The first kappa shape index (κ1) is 24.7. The highest BCUT2D eigenvalue weighted by molar-refractivity contribution is 7.91. The van der Waals surface area contributed by atoms with Gasteiger partial charge in [-0.1, -0.05) is 18.2 Å². The minimum atomic E-state index is -5.84. The van der Waals surface area contributed by atoms with Crippen LogP contribution in [0.2, 0.25) is 0 Å². The van der Waals surface area contributed by atoms with Gasteiger partial charge in [0.1, 0.15) is 0 Å². The molecule has 0 bridgehead atoms. The number of hydrogen-bond acceptors (Lipinski definition) is 5. The van der Waals surface area contributed by atoms with Gasteiger partial charge in [0.25, 0.3) is 0 Å². The van der Waals surface area contributed by atoms with Crippen LogP contribution in [0.1, 0.15) is 0 Å². The maximum Gasteiger partial charge on any atom is 0.518 e. The number of sulfonamides is 2. The second-order valence-corrected chi connectivity index (χ2v) is 9.08. The maximum atomic E-state index is 12.6. The molecule has 0 spiro atoms.